The SMILES string of the molecule is Cc1cc(C)n(-c2ccc(NCCCc3c(C)noc3C)nn2)n1. The monoisotopic (exact) mass is 326 g/mol. The molecule has 0 bridgehead atoms. The van der Waals surface area contributed by atoms with Gasteiger partial charge in [0.2, 0.25) is 0 Å². The van der Waals surface area contributed by atoms with Gasteiger partial charge >= 0.3 is 0 Å². The van der Waals surface area contributed by atoms with E-state index < -0.39 is 0 Å². The highest BCUT2D eigenvalue weighted by molar-refractivity contribution is 5.36. The van der Waals surface area contributed by atoms with Crippen LogP contribution in [0.3, 0.4) is 0 Å². The fourth-order valence-electron chi connectivity index (χ4n) is 2.73. The molecule has 0 fully saturated rings. The van der Waals surface area contributed by atoms with Crippen LogP contribution in [0.1, 0.15) is 34.8 Å². The van der Waals surface area contributed by atoms with Crippen molar-refractivity contribution in [3.63, 3.8) is 0 Å². The van der Waals surface area contributed by atoms with Gasteiger partial charge in [-0.05, 0) is 58.7 Å². The zero-order valence-corrected chi connectivity index (χ0v) is 14.5. The van der Waals surface area contributed by atoms with Gasteiger partial charge in [-0.3, -0.25) is 0 Å². The molecule has 1 N–H and O–H groups in total. The number of rotatable bonds is 6. The number of aryl methyl sites for hydroxylation is 4. The lowest BCUT2D eigenvalue weighted by Crippen LogP contribution is -2.08. The van der Waals surface area contributed by atoms with Crippen LogP contribution in [0.4, 0.5) is 5.82 Å². The van der Waals surface area contributed by atoms with E-state index in [9.17, 15) is 0 Å². The van der Waals surface area contributed by atoms with Crippen molar-refractivity contribution in [2.75, 3.05) is 11.9 Å². The Labute approximate surface area is 141 Å². The maximum atomic E-state index is 5.18. The van der Waals surface area contributed by atoms with Crippen molar-refractivity contribution in [2.24, 2.45) is 0 Å². The van der Waals surface area contributed by atoms with Crippen molar-refractivity contribution in [3.05, 3.63) is 46.6 Å². The van der Waals surface area contributed by atoms with E-state index in [1.165, 1.54) is 5.56 Å². The Morgan fingerprint density at radius 1 is 1.12 bits per heavy atom. The second kappa shape index (κ2) is 6.82. The molecule has 0 atom stereocenters. The van der Waals surface area contributed by atoms with Crippen molar-refractivity contribution in [1.29, 1.82) is 0 Å². The lowest BCUT2D eigenvalue weighted by Gasteiger charge is -2.06. The van der Waals surface area contributed by atoms with Crippen LogP contribution in [0.5, 0.6) is 0 Å². The van der Waals surface area contributed by atoms with Crippen LogP contribution in [-0.2, 0) is 6.42 Å². The van der Waals surface area contributed by atoms with Gasteiger partial charge < -0.3 is 9.84 Å². The molecule has 0 aromatic carbocycles. The fraction of sp³-hybridized carbons (Fsp3) is 0.412. The number of hydrogen-bond acceptors (Lipinski definition) is 6. The third-order valence-corrected chi connectivity index (χ3v) is 3.97. The van der Waals surface area contributed by atoms with Crippen molar-refractivity contribution >= 4 is 5.82 Å². The van der Waals surface area contributed by atoms with E-state index in [1.54, 1.807) is 4.68 Å². The maximum Gasteiger partial charge on any atom is 0.176 e. The maximum absolute atomic E-state index is 5.18. The van der Waals surface area contributed by atoms with Gasteiger partial charge in [0.05, 0.1) is 11.4 Å². The number of aromatic nitrogens is 5. The Balaban J connectivity index is 1.54. The summed E-state index contributed by atoms with van der Waals surface area (Å²) in [6.07, 6.45) is 1.91. The fourth-order valence-corrected chi connectivity index (χ4v) is 2.73. The zero-order valence-electron chi connectivity index (χ0n) is 14.5. The summed E-state index contributed by atoms with van der Waals surface area (Å²) in [7, 11) is 0. The first-order valence-corrected chi connectivity index (χ1v) is 8.07. The summed E-state index contributed by atoms with van der Waals surface area (Å²) in [5.41, 5.74) is 4.18. The second-order valence-electron chi connectivity index (χ2n) is 5.95. The first kappa shape index (κ1) is 16.2. The minimum Gasteiger partial charge on any atom is -0.369 e. The van der Waals surface area contributed by atoms with Crippen LogP contribution in [0.2, 0.25) is 0 Å². The summed E-state index contributed by atoms with van der Waals surface area (Å²) in [6, 6.07) is 5.86. The Morgan fingerprint density at radius 3 is 2.54 bits per heavy atom. The van der Waals surface area contributed by atoms with Crippen LogP contribution in [0.25, 0.3) is 5.82 Å². The van der Waals surface area contributed by atoms with Crippen LogP contribution in [-0.4, -0.2) is 31.7 Å². The second-order valence-corrected chi connectivity index (χ2v) is 5.95. The molecule has 3 aromatic rings. The number of nitrogens with zero attached hydrogens (tertiary/aromatic N) is 5. The molecule has 0 aliphatic heterocycles. The van der Waals surface area contributed by atoms with E-state index in [0.29, 0.717) is 0 Å². The van der Waals surface area contributed by atoms with Gasteiger partial charge in [0.1, 0.15) is 11.6 Å². The molecule has 0 saturated heterocycles. The molecular weight excluding hydrogens is 304 g/mol. The Morgan fingerprint density at radius 2 is 1.96 bits per heavy atom. The third-order valence-electron chi connectivity index (χ3n) is 3.97. The minimum absolute atomic E-state index is 0.724. The molecule has 24 heavy (non-hydrogen) atoms. The lowest BCUT2D eigenvalue weighted by molar-refractivity contribution is 0.392. The van der Waals surface area contributed by atoms with Crippen molar-refractivity contribution < 1.29 is 4.52 Å². The summed E-state index contributed by atoms with van der Waals surface area (Å²) < 4.78 is 6.97. The quantitative estimate of drug-likeness (QED) is 0.701. The van der Waals surface area contributed by atoms with Gasteiger partial charge in [0.15, 0.2) is 5.82 Å². The number of nitrogens with one attached hydrogen (secondary N) is 1. The standard InChI is InChI=1S/C17H22N6O/c1-11-10-12(2)23(21-11)17-8-7-16(19-20-17)18-9-5-6-15-13(3)22-24-14(15)4/h7-8,10H,5-6,9H2,1-4H3,(H,18,19). The normalized spacial score (nSPS) is 11.0. The van der Waals surface area contributed by atoms with Gasteiger partial charge in [0, 0.05) is 17.8 Å². The zero-order chi connectivity index (χ0) is 17.1. The average molecular weight is 326 g/mol. The Hall–Kier alpha value is -2.70. The molecule has 7 heteroatoms. The van der Waals surface area contributed by atoms with Crippen LogP contribution in [0, 0.1) is 27.7 Å². The topological polar surface area (TPSA) is 81.7 Å². The van der Waals surface area contributed by atoms with E-state index in [-0.39, 0.29) is 0 Å². The van der Waals surface area contributed by atoms with Gasteiger partial charge in [-0.25, -0.2) is 4.68 Å². The molecule has 0 spiro atoms. The lowest BCUT2D eigenvalue weighted by atomic mass is 10.1. The van der Waals surface area contributed by atoms with Crippen LogP contribution in [0.15, 0.2) is 22.7 Å². The molecule has 3 rings (SSSR count). The number of hydrogen-bond donors (Lipinski definition) is 1. The predicted octanol–water partition coefficient (Wildman–Crippen LogP) is 2.93. The largest absolute Gasteiger partial charge is 0.369 e. The van der Waals surface area contributed by atoms with E-state index in [0.717, 1.165) is 53.9 Å². The molecular formula is C17H22N6O. The van der Waals surface area contributed by atoms with E-state index >= 15 is 0 Å². The van der Waals surface area contributed by atoms with Gasteiger partial charge in [-0.15, -0.1) is 10.2 Å². The molecule has 0 radical (unpaired) electrons. The molecule has 0 saturated carbocycles. The van der Waals surface area contributed by atoms with Gasteiger partial charge in [-0.1, -0.05) is 5.16 Å². The minimum atomic E-state index is 0.724. The Bertz CT molecular complexity index is 799. The average Bonchev–Trinajstić information content (AvgIpc) is 3.07. The van der Waals surface area contributed by atoms with Crippen LogP contribution >= 0.6 is 0 Å². The molecule has 0 amide bonds. The third kappa shape index (κ3) is 3.45. The van der Waals surface area contributed by atoms with Crippen molar-refractivity contribution in [2.45, 2.75) is 40.5 Å². The highest BCUT2D eigenvalue weighted by Gasteiger charge is 2.08. The smallest absolute Gasteiger partial charge is 0.176 e. The van der Waals surface area contributed by atoms with Crippen LogP contribution < -0.4 is 5.32 Å². The summed E-state index contributed by atoms with van der Waals surface area (Å²) in [5, 5.41) is 20.1. The molecule has 3 aromatic heterocycles. The molecule has 0 unspecified atom stereocenters. The van der Waals surface area contributed by atoms with Gasteiger partial charge in [0.25, 0.3) is 0 Å². The van der Waals surface area contributed by atoms with Crippen molar-refractivity contribution in [3.8, 4) is 5.82 Å². The van der Waals surface area contributed by atoms with Gasteiger partial charge in [-0.2, -0.15) is 5.10 Å². The highest BCUT2D eigenvalue weighted by atomic mass is 16.5. The van der Waals surface area contributed by atoms with E-state index in [1.807, 2.05) is 45.9 Å². The number of anilines is 1. The summed E-state index contributed by atoms with van der Waals surface area (Å²) >= 11 is 0. The molecule has 0 aliphatic carbocycles. The Kier molecular flexibility index (Phi) is 4.59. The summed E-state index contributed by atoms with van der Waals surface area (Å²) in [5.74, 6) is 2.39. The van der Waals surface area contributed by atoms with E-state index in [2.05, 4.69) is 25.8 Å². The van der Waals surface area contributed by atoms with Crippen molar-refractivity contribution in [1.82, 2.24) is 25.1 Å². The molecule has 7 nitrogen and oxygen atoms in total. The molecule has 0 aliphatic rings. The highest BCUT2D eigenvalue weighted by Crippen LogP contribution is 2.14. The van der Waals surface area contributed by atoms with E-state index in [4.69, 9.17) is 4.52 Å². The first-order valence-electron chi connectivity index (χ1n) is 8.07. The summed E-state index contributed by atoms with van der Waals surface area (Å²) in [6.45, 7) is 8.71. The molecule has 3 heterocycles. The molecule has 126 valence electrons. The summed E-state index contributed by atoms with van der Waals surface area (Å²) in [4.78, 5) is 0. The first-order chi connectivity index (χ1) is 11.5. The predicted molar refractivity (Wildman–Crippen MR) is 91.4 cm³/mol.